The van der Waals surface area contributed by atoms with Gasteiger partial charge in [-0.15, -0.1) is 0 Å². The van der Waals surface area contributed by atoms with E-state index in [9.17, 15) is 22.8 Å². The Balaban J connectivity index is 2.39. The highest BCUT2D eigenvalue weighted by molar-refractivity contribution is 6.35. The lowest BCUT2D eigenvalue weighted by atomic mass is 10.2. The number of hydrogen-bond donors (Lipinski definition) is 2. The second kappa shape index (κ2) is 8.57. The number of carbonyl (C=O) groups is 2. The molecule has 0 aliphatic rings. The van der Waals surface area contributed by atoms with Crippen molar-refractivity contribution in [3.8, 4) is 5.75 Å². The van der Waals surface area contributed by atoms with Crippen LogP contribution in [0.2, 0.25) is 10.0 Å². The zero-order valence-corrected chi connectivity index (χ0v) is 15.7. The minimum absolute atomic E-state index is 0.0132. The van der Waals surface area contributed by atoms with Crippen LogP contribution in [-0.2, 0) is 9.53 Å². The lowest BCUT2D eigenvalue weighted by molar-refractivity contribution is -0.258. The molecule has 0 radical (unpaired) electrons. The molecule has 0 heterocycles. The molecule has 2 aromatic carbocycles. The number of ether oxygens (including phenoxy) is 2. The van der Waals surface area contributed by atoms with Gasteiger partial charge in [-0.2, -0.15) is 13.2 Å². The van der Waals surface area contributed by atoms with E-state index in [1.165, 1.54) is 53.8 Å². The molecule has 0 saturated carbocycles. The quantitative estimate of drug-likeness (QED) is 0.529. The maximum absolute atomic E-state index is 13.8. The molecular formula is C17H13Cl2F3N2O4. The van der Waals surface area contributed by atoms with Gasteiger partial charge in [0.1, 0.15) is 5.75 Å². The number of benzene rings is 2. The van der Waals surface area contributed by atoms with Crippen LogP contribution < -0.4 is 15.4 Å². The van der Waals surface area contributed by atoms with Crippen molar-refractivity contribution in [2.75, 3.05) is 12.4 Å². The Morgan fingerprint density at radius 1 is 1.04 bits per heavy atom. The monoisotopic (exact) mass is 436 g/mol. The summed E-state index contributed by atoms with van der Waals surface area (Å²) in [6.07, 6.45) is -5.37. The number of hydrogen-bond acceptors (Lipinski definition) is 4. The van der Waals surface area contributed by atoms with Gasteiger partial charge in [0.2, 0.25) is 0 Å². The van der Waals surface area contributed by atoms with Crippen LogP contribution in [0.25, 0.3) is 0 Å². The summed E-state index contributed by atoms with van der Waals surface area (Å²) in [6, 6.07) is 9.20. The smallest absolute Gasteiger partial charge is 0.460 e. The standard InChI is InChI=1S/C17H13Cl2F3N2O4/c1-27-14(25)16(17(20,21)22,28-11-5-3-2-4-6-11)24-15(26)23-13-9-10(18)7-8-12(13)19/h2-9H,1H3,(H2,23,24,26). The Labute approximate surface area is 167 Å². The fourth-order valence-electron chi connectivity index (χ4n) is 2.08. The number of nitrogens with one attached hydrogen (secondary N) is 2. The van der Waals surface area contributed by atoms with Crippen LogP contribution >= 0.6 is 23.2 Å². The summed E-state index contributed by atoms with van der Waals surface area (Å²) in [5.74, 6) is -2.21. The normalized spacial score (nSPS) is 13.2. The van der Waals surface area contributed by atoms with Gasteiger partial charge in [0.25, 0.3) is 0 Å². The average molecular weight is 437 g/mol. The van der Waals surface area contributed by atoms with E-state index in [1.807, 2.05) is 0 Å². The first-order valence-corrected chi connectivity index (χ1v) is 8.28. The molecule has 2 N–H and O–H groups in total. The van der Waals surface area contributed by atoms with Gasteiger partial charge in [-0.1, -0.05) is 41.4 Å². The summed E-state index contributed by atoms with van der Waals surface area (Å²) in [5, 5.41) is 3.77. The molecule has 1 atom stereocenters. The van der Waals surface area contributed by atoms with Crippen LogP contribution in [0.3, 0.4) is 0 Å². The minimum atomic E-state index is -5.37. The van der Waals surface area contributed by atoms with E-state index in [4.69, 9.17) is 27.9 Å². The fraction of sp³-hybridized carbons (Fsp3) is 0.176. The second-order valence-electron chi connectivity index (χ2n) is 5.29. The first kappa shape index (κ1) is 21.6. The van der Waals surface area contributed by atoms with Gasteiger partial charge in [0, 0.05) is 5.02 Å². The van der Waals surface area contributed by atoms with Gasteiger partial charge in [0.15, 0.2) is 0 Å². The highest BCUT2D eigenvalue weighted by Gasteiger charge is 2.66. The first-order valence-electron chi connectivity index (χ1n) is 7.52. The van der Waals surface area contributed by atoms with Gasteiger partial charge in [0.05, 0.1) is 17.8 Å². The first-order chi connectivity index (χ1) is 13.1. The molecule has 28 heavy (non-hydrogen) atoms. The number of esters is 1. The molecule has 0 aliphatic heterocycles. The Bertz CT molecular complexity index is 865. The van der Waals surface area contributed by atoms with E-state index in [0.717, 1.165) is 7.11 Å². The highest BCUT2D eigenvalue weighted by atomic mass is 35.5. The van der Waals surface area contributed by atoms with Crippen molar-refractivity contribution in [1.29, 1.82) is 0 Å². The molecule has 0 bridgehead atoms. The molecule has 2 amide bonds. The van der Waals surface area contributed by atoms with Crippen molar-refractivity contribution in [3.63, 3.8) is 0 Å². The van der Waals surface area contributed by atoms with Gasteiger partial charge in [-0.05, 0) is 30.3 Å². The van der Waals surface area contributed by atoms with Crippen LogP contribution in [0.1, 0.15) is 0 Å². The number of methoxy groups -OCH3 is 1. The summed E-state index contributed by atoms with van der Waals surface area (Å²) in [5.41, 5.74) is -3.88. The molecule has 6 nitrogen and oxygen atoms in total. The molecule has 2 aromatic rings. The van der Waals surface area contributed by atoms with Crippen molar-refractivity contribution in [1.82, 2.24) is 5.32 Å². The molecule has 0 saturated heterocycles. The zero-order chi connectivity index (χ0) is 20.9. The Kier molecular flexibility index (Phi) is 6.63. The predicted octanol–water partition coefficient (Wildman–Crippen LogP) is 4.63. The third-order valence-electron chi connectivity index (χ3n) is 3.35. The molecule has 2 rings (SSSR count). The molecule has 0 spiro atoms. The van der Waals surface area contributed by atoms with E-state index in [0.29, 0.717) is 0 Å². The maximum Gasteiger partial charge on any atom is 0.460 e. The highest BCUT2D eigenvalue weighted by Crippen LogP contribution is 2.34. The van der Waals surface area contributed by atoms with Crippen molar-refractivity contribution < 1.29 is 32.2 Å². The van der Waals surface area contributed by atoms with Crippen LogP contribution in [0.4, 0.5) is 23.7 Å². The topological polar surface area (TPSA) is 76.7 Å². The molecule has 0 aromatic heterocycles. The number of amides is 2. The molecular weight excluding hydrogens is 424 g/mol. The summed E-state index contributed by atoms with van der Waals surface area (Å²) in [7, 11) is 0.727. The zero-order valence-electron chi connectivity index (χ0n) is 14.1. The van der Waals surface area contributed by atoms with Crippen molar-refractivity contribution >= 4 is 40.9 Å². The van der Waals surface area contributed by atoms with E-state index >= 15 is 0 Å². The Hall–Kier alpha value is -2.65. The summed E-state index contributed by atoms with van der Waals surface area (Å²) < 4.78 is 50.6. The summed E-state index contributed by atoms with van der Waals surface area (Å²) >= 11 is 11.7. The third-order valence-corrected chi connectivity index (χ3v) is 3.92. The summed E-state index contributed by atoms with van der Waals surface area (Å²) in [6.45, 7) is 0. The second-order valence-corrected chi connectivity index (χ2v) is 6.13. The number of halogens is 5. The minimum Gasteiger partial charge on any atom is -0.464 e. The van der Waals surface area contributed by atoms with Gasteiger partial charge >= 0.3 is 23.9 Å². The largest absolute Gasteiger partial charge is 0.464 e. The van der Waals surface area contributed by atoms with Crippen LogP contribution in [-0.4, -0.2) is 31.0 Å². The molecule has 1 unspecified atom stereocenters. The third kappa shape index (κ3) is 4.79. The SMILES string of the molecule is COC(=O)C(NC(=O)Nc1cc(Cl)ccc1Cl)(Oc1ccccc1)C(F)(F)F. The Morgan fingerprint density at radius 3 is 2.25 bits per heavy atom. The molecule has 0 fully saturated rings. The number of anilines is 1. The van der Waals surface area contributed by atoms with E-state index in [-0.39, 0.29) is 21.5 Å². The number of urea groups is 1. The fourth-order valence-corrected chi connectivity index (χ4v) is 2.42. The van der Waals surface area contributed by atoms with Crippen LogP contribution in [0, 0.1) is 0 Å². The van der Waals surface area contributed by atoms with Crippen molar-refractivity contribution in [2.24, 2.45) is 0 Å². The lowest BCUT2D eigenvalue weighted by Crippen LogP contribution is -2.68. The molecule has 150 valence electrons. The van der Waals surface area contributed by atoms with Gasteiger partial charge < -0.3 is 14.8 Å². The average Bonchev–Trinajstić information content (AvgIpc) is 2.63. The van der Waals surface area contributed by atoms with Crippen LogP contribution in [0.5, 0.6) is 5.75 Å². The Morgan fingerprint density at radius 2 is 1.68 bits per heavy atom. The maximum atomic E-state index is 13.8. The van der Waals surface area contributed by atoms with Gasteiger partial charge in [-0.25, -0.2) is 9.59 Å². The van der Waals surface area contributed by atoms with E-state index in [1.54, 1.807) is 0 Å². The number of rotatable bonds is 5. The van der Waals surface area contributed by atoms with Crippen LogP contribution in [0.15, 0.2) is 48.5 Å². The lowest BCUT2D eigenvalue weighted by Gasteiger charge is -2.33. The number of para-hydroxylation sites is 1. The summed E-state index contributed by atoms with van der Waals surface area (Å²) in [4.78, 5) is 24.3. The van der Waals surface area contributed by atoms with Crippen molar-refractivity contribution in [2.45, 2.75) is 11.9 Å². The number of alkyl halides is 3. The molecule has 11 heteroatoms. The number of carbonyl (C=O) groups excluding carboxylic acids is 2. The van der Waals surface area contributed by atoms with E-state index < -0.39 is 23.9 Å². The molecule has 0 aliphatic carbocycles. The van der Waals surface area contributed by atoms with Gasteiger partial charge in [-0.3, -0.25) is 5.32 Å². The predicted molar refractivity (Wildman–Crippen MR) is 96.5 cm³/mol. The van der Waals surface area contributed by atoms with E-state index in [2.05, 4.69) is 10.1 Å². The van der Waals surface area contributed by atoms with Crippen molar-refractivity contribution in [3.05, 3.63) is 58.6 Å².